The smallest absolute Gasteiger partial charge is 0.123 e. The highest BCUT2D eigenvalue weighted by Crippen LogP contribution is 2.32. The van der Waals surface area contributed by atoms with Gasteiger partial charge >= 0.3 is 0 Å². The molecule has 2 aromatic heterocycles. The summed E-state index contributed by atoms with van der Waals surface area (Å²) in [5.74, 6) is 0.511. The summed E-state index contributed by atoms with van der Waals surface area (Å²) < 4.78 is 0. The minimum absolute atomic E-state index is 0.511. The van der Waals surface area contributed by atoms with Crippen molar-refractivity contribution in [2.75, 3.05) is 5.73 Å². The highest BCUT2D eigenvalue weighted by molar-refractivity contribution is 5.83. The van der Waals surface area contributed by atoms with Gasteiger partial charge in [0.25, 0.3) is 0 Å². The molecule has 0 unspecified atom stereocenters. The molecule has 0 bridgehead atoms. The van der Waals surface area contributed by atoms with Gasteiger partial charge in [-0.05, 0) is 24.6 Å². The summed E-state index contributed by atoms with van der Waals surface area (Å²) in [5, 5.41) is 7.45. The van der Waals surface area contributed by atoms with Gasteiger partial charge < -0.3 is 5.73 Å². The molecule has 3 N–H and O–H groups in total. The van der Waals surface area contributed by atoms with E-state index in [2.05, 4.69) is 15.2 Å². The van der Waals surface area contributed by atoms with E-state index in [1.807, 2.05) is 49.4 Å². The maximum Gasteiger partial charge on any atom is 0.123 e. The van der Waals surface area contributed by atoms with Gasteiger partial charge in [0.1, 0.15) is 11.5 Å². The van der Waals surface area contributed by atoms with Crippen LogP contribution < -0.4 is 5.73 Å². The van der Waals surface area contributed by atoms with Crippen molar-refractivity contribution in [3.8, 4) is 22.4 Å². The third-order valence-electron chi connectivity index (χ3n) is 3.06. The van der Waals surface area contributed by atoms with E-state index in [0.29, 0.717) is 5.82 Å². The Kier molecular flexibility index (Phi) is 2.76. The molecule has 0 spiro atoms. The van der Waals surface area contributed by atoms with Crippen LogP contribution in [0.5, 0.6) is 0 Å². The lowest BCUT2D eigenvalue weighted by molar-refractivity contribution is 1.05. The number of hydrogen-bond donors (Lipinski definition) is 2. The molecular formula is C15H14N4. The number of nitrogens with zero attached hydrogens (tertiary/aromatic N) is 2. The van der Waals surface area contributed by atoms with Crippen molar-refractivity contribution in [2.45, 2.75) is 6.92 Å². The fraction of sp³-hybridized carbons (Fsp3) is 0.0667. The first-order valence-electron chi connectivity index (χ1n) is 6.08. The number of aryl methyl sites for hydroxylation is 1. The van der Waals surface area contributed by atoms with Gasteiger partial charge in [0.2, 0.25) is 0 Å². The number of anilines is 1. The Labute approximate surface area is 111 Å². The van der Waals surface area contributed by atoms with Crippen molar-refractivity contribution < 1.29 is 0 Å². The van der Waals surface area contributed by atoms with Crippen LogP contribution in [0.3, 0.4) is 0 Å². The fourth-order valence-corrected chi connectivity index (χ4v) is 2.19. The zero-order valence-corrected chi connectivity index (χ0v) is 10.6. The molecule has 3 rings (SSSR count). The molecule has 0 aliphatic heterocycles. The number of rotatable bonds is 2. The predicted octanol–water partition coefficient (Wildman–Crippen LogP) is 3.03. The van der Waals surface area contributed by atoms with Crippen LogP contribution in [0.1, 0.15) is 5.69 Å². The number of aromatic amines is 1. The second-order valence-corrected chi connectivity index (χ2v) is 4.41. The van der Waals surface area contributed by atoms with Crippen molar-refractivity contribution >= 4 is 5.82 Å². The second-order valence-electron chi connectivity index (χ2n) is 4.41. The van der Waals surface area contributed by atoms with Crippen LogP contribution in [0, 0.1) is 6.92 Å². The van der Waals surface area contributed by atoms with Crippen LogP contribution in [0.25, 0.3) is 22.4 Å². The van der Waals surface area contributed by atoms with Gasteiger partial charge in [-0.25, -0.2) is 4.98 Å². The molecule has 0 saturated carbocycles. The topological polar surface area (TPSA) is 67.6 Å². The number of aromatic nitrogens is 3. The number of nitrogens with one attached hydrogen (secondary N) is 1. The predicted molar refractivity (Wildman–Crippen MR) is 76.4 cm³/mol. The third kappa shape index (κ3) is 2.08. The number of nitrogen functional groups attached to an aromatic ring is 1. The van der Waals surface area contributed by atoms with Crippen LogP contribution in [-0.2, 0) is 0 Å². The average molecular weight is 250 g/mol. The molecule has 94 valence electrons. The monoisotopic (exact) mass is 250 g/mol. The molecule has 0 fully saturated rings. The zero-order valence-electron chi connectivity index (χ0n) is 10.6. The van der Waals surface area contributed by atoms with Crippen LogP contribution in [-0.4, -0.2) is 15.2 Å². The van der Waals surface area contributed by atoms with Gasteiger partial charge in [-0.15, -0.1) is 0 Å². The van der Waals surface area contributed by atoms with Crippen molar-refractivity contribution in [1.82, 2.24) is 15.2 Å². The third-order valence-corrected chi connectivity index (χ3v) is 3.06. The largest absolute Gasteiger partial charge is 0.384 e. The maximum atomic E-state index is 5.76. The first-order chi connectivity index (χ1) is 9.25. The average Bonchev–Trinajstić information content (AvgIpc) is 2.82. The second kappa shape index (κ2) is 4.57. The van der Waals surface area contributed by atoms with E-state index in [4.69, 9.17) is 5.73 Å². The van der Waals surface area contributed by atoms with E-state index >= 15 is 0 Å². The van der Waals surface area contributed by atoms with Gasteiger partial charge in [-0.1, -0.05) is 30.3 Å². The molecule has 0 amide bonds. The summed E-state index contributed by atoms with van der Waals surface area (Å²) in [6.45, 7) is 2.01. The summed E-state index contributed by atoms with van der Waals surface area (Å²) in [5.41, 5.74) is 10.9. The van der Waals surface area contributed by atoms with E-state index in [-0.39, 0.29) is 0 Å². The van der Waals surface area contributed by atoms with E-state index in [1.165, 1.54) is 0 Å². The number of H-pyrrole nitrogens is 1. The van der Waals surface area contributed by atoms with Crippen molar-refractivity contribution in [2.24, 2.45) is 0 Å². The van der Waals surface area contributed by atoms with Gasteiger partial charge in [-0.2, -0.15) is 5.10 Å². The molecule has 0 saturated heterocycles. The quantitative estimate of drug-likeness (QED) is 0.734. The standard InChI is InChI=1S/C15H14N4/c1-10-14(12-7-8-17-13(16)9-12)15(19-18-10)11-5-3-2-4-6-11/h2-9H,1H3,(H2,16,17)(H,18,19). The lowest BCUT2D eigenvalue weighted by Gasteiger charge is -2.05. The molecule has 4 nitrogen and oxygen atoms in total. The Morgan fingerprint density at radius 3 is 2.58 bits per heavy atom. The van der Waals surface area contributed by atoms with Crippen molar-refractivity contribution in [3.05, 3.63) is 54.4 Å². The summed E-state index contributed by atoms with van der Waals surface area (Å²) >= 11 is 0. The van der Waals surface area contributed by atoms with Gasteiger partial charge in [0, 0.05) is 23.0 Å². The molecule has 4 heteroatoms. The molecular weight excluding hydrogens is 236 g/mol. The number of pyridine rings is 1. The molecule has 3 aromatic rings. The summed E-state index contributed by atoms with van der Waals surface area (Å²) in [4.78, 5) is 4.03. The molecule has 0 radical (unpaired) electrons. The molecule has 0 aliphatic carbocycles. The van der Waals surface area contributed by atoms with Crippen molar-refractivity contribution in [1.29, 1.82) is 0 Å². The first kappa shape index (κ1) is 11.5. The fourth-order valence-electron chi connectivity index (χ4n) is 2.19. The minimum Gasteiger partial charge on any atom is -0.384 e. The molecule has 0 aliphatic rings. The summed E-state index contributed by atoms with van der Waals surface area (Å²) in [6.07, 6.45) is 1.71. The molecule has 0 atom stereocenters. The molecule has 2 heterocycles. The van der Waals surface area contributed by atoms with E-state index in [1.54, 1.807) is 6.20 Å². The molecule has 19 heavy (non-hydrogen) atoms. The van der Waals surface area contributed by atoms with Crippen molar-refractivity contribution in [3.63, 3.8) is 0 Å². The van der Waals surface area contributed by atoms with E-state index < -0.39 is 0 Å². The Balaban J connectivity index is 2.20. The minimum atomic E-state index is 0.511. The van der Waals surface area contributed by atoms with Crippen LogP contribution in [0.15, 0.2) is 48.7 Å². The summed E-state index contributed by atoms with van der Waals surface area (Å²) in [6, 6.07) is 13.9. The van der Waals surface area contributed by atoms with E-state index in [0.717, 1.165) is 28.1 Å². The number of nitrogens with two attached hydrogens (primary N) is 1. The SMILES string of the molecule is Cc1[nH]nc(-c2ccccc2)c1-c1ccnc(N)c1. The lowest BCUT2D eigenvalue weighted by atomic mass is 10.00. The lowest BCUT2D eigenvalue weighted by Crippen LogP contribution is -1.90. The Hall–Kier alpha value is -2.62. The Morgan fingerprint density at radius 1 is 1.05 bits per heavy atom. The van der Waals surface area contributed by atoms with Gasteiger partial charge in [0.15, 0.2) is 0 Å². The van der Waals surface area contributed by atoms with E-state index in [9.17, 15) is 0 Å². The van der Waals surface area contributed by atoms with Crippen LogP contribution >= 0.6 is 0 Å². The first-order valence-corrected chi connectivity index (χ1v) is 6.08. The zero-order chi connectivity index (χ0) is 13.2. The highest BCUT2D eigenvalue weighted by atomic mass is 15.1. The van der Waals surface area contributed by atoms with Gasteiger partial charge in [-0.3, -0.25) is 5.10 Å². The Morgan fingerprint density at radius 2 is 1.84 bits per heavy atom. The maximum absolute atomic E-state index is 5.76. The number of hydrogen-bond acceptors (Lipinski definition) is 3. The number of benzene rings is 1. The summed E-state index contributed by atoms with van der Waals surface area (Å²) in [7, 11) is 0. The normalized spacial score (nSPS) is 10.6. The molecule has 1 aromatic carbocycles. The van der Waals surface area contributed by atoms with Crippen LogP contribution in [0.2, 0.25) is 0 Å². The van der Waals surface area contributed by atoms with Crippen LogP contribution in [0.4, 0.5) is 5.82 Å². The highest BCUT2D eigenvalue weighted by Gasteiger charge is 2.14. The Bertz CT molecular complexity index is 701. The van der Waals surface area contributed by atoms with Gasteiger partial charge in [0.05, 0.1) is 0 Å².